The first kappa shape index (κ1) is 22.0. The highest BCUT2D eigenvalue weighted by atomic mass is 32.1. The summed E-state index contributed by atoms with van der Waals surface area (Å²) >= 11 is 1.34. The molecule has 3 aromatic rings. The molecule has 0 N–H and O–H groups in total. The second kappa shape index (κ2) is 8.59. The highest BCUT2D eigenvalue weighted by Gasteiger charge is 2.37. The van der Waals surface area contributed by atoms with E-state index < -0.39 is 29.4 Å². The van der Waals surface area contributed by atoms with Crippen LogP contribution in [0.1, 0.15) is 39.6 Å². The number of carbonyl (C=O) groups is 1. The first-order valence-corrected chi connectivity index (χ1v) is 9.67. The summed E-state index contributed by atoms with van der Waals surface area (Å²) in [4.78, 5) is 17.2. The van der Waals surface area contributed by atoms with Crippen LogP contribution >= 0.6 is 11.3 Å². The first-order valence-electron chi connectivity index (χ1n) is 8.79. The number of hydrogen-bond donors (Lipinski definition) is 0. The van der Waals surface area contributed by atoms with Crippen LogP contribution in [0.5, 0.6) is 0 Å². The Balaban J connectivity index is 2.00. The van der Waals surface area contributed by atoms with Crippen molar-refractivity contribution >= 4 is 17.1 Å². The van der Waals surface area contributed by atoms with E-state index in [1.54, 1.807) is 17.5 Å². The Hall–Kier alpha value is -2.68. The number of Topliss-reactive ketones (excluding diaryl/α,β-unsaturated/α-hetero) is 1. The van der Waals surface area contributed by atoms with E-state index in [-0.39, 0.29) is 29.9 Å². The summed E-state index contributed by atoms with van der Waals surface area (Å²) < 4.78 is 79.2. The van der Waals surface area contributed by atoms with Gasteiger partial charge in [0.25, 0.3) is 0 Å². The third-order valence-corrected chi connectivity index (χ3v) is 5.37. The molecule has 0 radical (unpaired) electrons. The van der Waals surface area contributed by atoms with E-state index in [0.29, 0.717) is 0 Å². The maximum Gasteiger partial charge on any atom is 0.418 e. The molecule has 2 aromatic heterocycles. The summed E-state index contributed by atoms with van der Waals surface area (Å²) in [6.45, 7) is 0. The first-order chi connectivity index (χ1) is 14.1. The molecule has 2 nitrogen and oxygen atoms in total. The molecule has 0 bridgehead atoms. The number of hydrogen-bond acceptors (Lipinski definition) is 3. The van der Waals surface area contributed by atoms with Gasteiger partial charge in [0.05, 0.1) is 16.8 Å². The maximum atomic E-state index is 13.5. The Morgan fingerprint density at radius 1 is 0.933 bits per heavy atom. The van der Waals surface area contributed by atoms with E-state index in [1.807, 2.05) is 0 Å². The highest BCUT2D eigenvalue weighted by molar-refractivity contribution is 7.10. The second-order valence-electron chi connectivity index (χ2n) is 6.61. The minimum atomic E-state index is -4.72. The van der Waals surface area contributed by atoms with Crippen LogP contribution in [0.15, 0.2) is 60.1 Å². The SMILES string of the molecule is O=C(Cc1cccs1)C[C@@H](c1ccc(C(F)(F)F)cc1)c1ncccc1C(F)(F)F. The molecule has 0 fully saturated rings. The Labute approximate surface area is 172 Å². The van der Waals surface area contributed by atoms with Crippen LogP contribution in [0.25, 0.3) is 0 Å². The Kier molecular flexibility index (Phi) is 6.30. The van der Waals surface area contributed by atoms with Crippen LogP contribution < -0.4 is 0 Å². The lowest BCUT2D eigenvalue weighted by Crippen LogP contribution is -2.18. The third-order valence-electron chi connectivity index (χ3n) is 4.50. The van der Waals surface area contributed by atoms with Crippen molar-refractivity contribution in [3.05, 3.63) is 87.4 Å². The minimum absolute atomic E-state index is 0.0307. The smallest absolute Gasteiger partial charge is 0.299 e. The topological polar surface area (TPSA) is 30.0 Å². The molecule has 0 saturated carbocycles. The van der Waals surface area contributed by atoms with Gasteiger partial charge in [-0.2, -0.15) is 26.3 Å². The standard InChI is InChI=1S/C21H15F6NOS/c22-20(23,24)14-7-5-13(6-8-14)17(12-15(29)11-16-3-2-10-30-16)19-18(21(25,26)27)4-1-9-28-19/h1-10,17H,11-12H2/t17-/m0/s1. The van der Waals surface area contributed by atoms with Crippen molar-refractivity contribution in [3.8, 4) is 0 Å². The summed E-state index contributed by atoms with van der Waals surface area (Å²) in [5.41, 5.74) is -2.16. The highest BCUT2D eigenvalue weighted by Crippen LogP contribution is 2.39. The van der Waals surface area contributed by atoms with Crippen molar-refractivity contribution < 1.29 is 31.1 Å². The molecule has 0 aliphatic rings. The summed E-state index contributed by atoms with van der Waals surface area (Å²) in [5, 5.41) is 1.77. The van der Waals surface area contributed by atoms with E-state index in [4.69, 9.17) is 0 Å². The van der Waals surface area contributed by atoms with Gasteiger partial charge >= 0.3 is 12.4 Å². The Morgan fingerprint density at radius 2 is 1.63 bits per heavy atom. The molecule has 0 saturated heterocycles. The molecule has 1 atom stereocenters. The third kappa shape index (κ3) is 5.27. The van der Waals surface area contributed by atoms with Crippen LogP contribution in [-0.2, 0) is 23.6 Å². The van der Waals surface area contributed by atoms with Crippen LogP contribution in [0, 0.1) is 0 Å². The average molecular weight is 443 g/mol. The summed E-state index contributed by atoms with van der Waals surface area (Å²) in [6, 6.07) is 9.25. The fourth-order valence-electron chi connectivity index (χ4n) is 3.12. The predicted molar refractivity (Wildman–Crippen MR) is 100 cm³/mol. The molecule has 0 unspecified atom stereocenters. The second-order valence-corrected chi connectivity index (χ2v) is 7.64. The fourth-order valence-corrected chi connectivity index (χ4v) is 3.85. The molecule has 2 heterocycles. The largest absolute Gasteiger partial charge is 0.418 e. The van der Waals surface area contributed by atoms with Crippen molar-refractivity contribution in [2.45, 2.75) is 31.1 Å². The van der Waals surface area contributed by atoms with Gasteiger partial charge in [-0.3, -0.25) is 9.78 Å². The predicted octanol–water partition coefficient (Wildman–Crippen LogP) is 6.51. The van der Waals surface area contributed by atoms with E-state index in [1.165, 1.54) is 17.5 Å². The molecular formula is C21H15F6NOS. The molecule has 0 amide bonds. The molecule has 0 aliphatic carbocycles. The molecule has 30 heavy (non-hydrogen) atoms. The monoisotopic (exact) mass is 443 g/mol. The van der Waals surface area contributed by atoms with Gasteiger partial charge < -0.3 is 0 Å². The summed E-state index contributed by atoms with van der Waals surface area (Å²) in [7, 11) is 0. The normalized spacial score (nSPS) is 13.3. The van der Waals surface area contributed by atoms with Crippen LogP contribution in [-0.4, -0.2) is 10.8 Å². The molecule has 158 valence electrons. The van der Waals surface area contributed by atoms with Crippen LogP contribution in [0.3, 0.4) is 0 Å². The Bertz CT molecular complexity index is 994. The van der Waals surface area contributed by atoms with Crippen molar-refractivity contribution in [1.29, 1.82) is 0 Å². The number of pyridine rings is 1. The van der Waals surface area contributed by atoms with Gasteiger partial charge in [0.2, 0.25) is 0 Å². The number of ketones is 1. The fraction of sp³-hybridized carbons (Fsp3) is 0.238. The molecule has 0 spiro atoms. The molecule has 1 aromatic carbocycles. The molecule has 9 heteroatoms. The number of halogens is 6. The number of benzene rings is 1. The number of nitrogens with zero attached hydrogens (tertiary/aromatic N) is 1. The van der Waals surface area contributed by atoms with E-state index in [9.17, 15) is 31.1 Å². The summed E-state index contributed by atoms with van der Waals surface area (Å²) in [5.74, 6) is -1.46. The number of alkyl halides is 6. The lowest BCUT2D eigenvalue weighted by atomic mass is 9.86. The van der Waals surface area contributed by atoms with Gasteiger partial charge in [-0.15, -0.1) is 11.3 Å². The zero-order valence-electron chi connectivity index (χ0n) is 15.3. The van der Waals surface area contributed by atoms with Crippen molar-refractivity contribution in [2.24, 2.45) is 0 Å². The van der Waals surface area contributed by atoms with Gasteiger partial charge in [-0.25, -0.2) is 0 Å². The Morgan fingerprint density at radius 3 is 2.20 bits per heavy atom. The molecule has 3 rings (SSSR count). The average Bonchev–Trinajstić information content (AvgIpc) is 3.18. The lowest BCUT2D eigenvalue weighted by Gasteiger charge is -2.21. The number of rotatable bonds is 6. The van der Waals surface area contributed by atoms with Gasteiger partial charge in [-0.1, -0.05) is 18.2 Å². The number of carbonyl (C=O) groups excluding carboxylic acids is 1. The zero-order chi connectivity index (χ0) is 21.9. The molecular weight excluding hydrogens is 428 g/mol. The number of aromatic nitrogens is 1. The van der Waals surface area contributed by atoms with Gasteiger partial charge in [0.1, 0.15) is 5.78 Å². The van der Waals surface area contributed by atoms with Gasteiger partial charge in [-0.05, 0) is 41.3 Å². The van der Waals surface area contributed by atoms with E-state index in [0.717, 1.165) is 41.3 Å². The van der Waals surface area contributed by atoms with Crippen molar-refractivity contribution in [2.75, 3.05) is 0 Å². The van der Waals surface area contributed by atoms with Gasteiger partial charge in [0, 0.05) is 29.8 Å². The lowest BCUT2D eigenvalue weighted by molar-refractivity contribution is -0.139. The van der Waals surface area contributed by atoms with E-state index >= 15 is 0 Å². The van der Waals surface area contributed by atoms with Crippen LogP contribution in [0.4, 0.5) is 26.3 Å². The van der Waals surface area contributed by atoms with E-state index in [2.05, 4.69) is 4.98 Å². The zero-order valence-corrected chi connectivity index (χ0v) is 16.1. The minimum Gasteiger partial charge on any atom is -0.299 e. The van der Waals surface area contributed by atoms with Crippen molar-refractivity contribution in [1.82, 2.24) is 4.98 Å². The number of thiophene rings is 1. The van der Waals surface area contributed by atoms with Gasteiger partial charge in [0.15, 0.2) is 0 Å². The van der Waals surface area contributed by atoms with Crippen LogP contribution in [0.2, 0.25) is 0 Å². The van der Waals surface area contributed by atoms with Crippen molar-refractivity contribution in [3.63, 3.8) is 0 Å². The maximum absolute atomic E-state index is 13.5. The molecule has 0 aliphatic heterocycles. The summed E-state index contributed by atoms with van der Waals surface area (Å²) in [6.07, 6.45) is -8.41. The quantitative estimate of drug-likeness (QED) is 0.406.